The molecule has 1 fully saturated rings. The Hall–Kier alpha value is -15.4. The highest BCUT2D eigenvalue weighted by molar-refractivity contribution is 5.62. The molecule has 1 saturated heterocycles. The van der Waals surface area contributed by atoms with Gasteiger partial charge in [0.2, 0.25) is 0 Å². The summed E-state index contributed by atoms with van der Waals surface area (Å²) in [5.41, 5.74) is 16.9. The Morgan fingerprint density at radius 3 is 1.18 bits per heavy atom. The van der Waals surface area contributed by atoms with Crippen molar-refractivity contribution in [3.63, 3.8) is 0 Å². The summed E-state index contributed by atoms with van der Waals surface area (Å²) in [5, 5.41) is 28.1. The Balaban J connectivity index is 0.000000122. The van der Waals surface area contributed by atoms with Gasteiger partial charge in [0.25, 0.3) is 56.7 Å². The number of anilines is 3. The first-order valence-electron chi connectivity index (χ1n) is 42.0. The average Bonchev–Trinajstić information content (AvgIpc) is 1.67. The van der Waals surface area contributed by atoms with Crippen molar-refractivity contribution in [3.05, 3.63) is 344 Å². The maximum atomic E-state index is 13.1. The molecule has 0 saturated carbocycles. The van der Waals surface area contributed by atoms with Crippen molar-refractivity contribution < 1.29 is 9.13 Å². The van der Waals surface area contributed by atoms with E-state index in [0.717, 1.165) is 87.0 Å². The fraction of sp³-hybridized carbons (Fsp3) is 0.232. The van der Waals surface area contributed by atoms with Crippen LogP contribution in [-0.2, 0) is 39.1 Å². The molecule has 646 valence electrons. The van der Waals surface area contributed by atoms with E-state index in [1.54, 1.807) is 25.3 Å². The highest BCUT2D eigenvalue weighted by atomic mass is 19.1. The van der Waals surface area contributed by atoms with Crippen molar-refractivity contribution in [2.24, 2.45) is 0 Å². The molecule has 10 aromatic heterocycles. The lowest BCUT2D eigenvalue weighted by molar-refractivity contribution is 0.273. The molecule has 1 aliphatic rings. The summed E-state index contributed by atoms with van der Waals surface area (Å²) in [7, 11) is 1.63. The minimum absolute atomic E-state index is 0.132. The molecular weight excluding hydrogens is 1610 g/mol. The van der Waals surface area contributed by atoms with Crippen LogP contribution in [0.2, 0.25) is 0 Å². The summed E-state index contributed by atoms with van der Waals surface area (Å²) in [6, 6.07) is 69.5. The summed E-state index contributed by atoms with van der Waals surface area (Å²) in [6.45, 7) is 21.1. The first-order valence-corrected chi connectivity index (χ1v) is 42.0. The Labute approximate surface area is 728 Å². The van der Waals surface area contributed by atoms with Gasteiger partial charge in [0.05, 0.1) is 55.2 Å². The van der Waals surface area contributed by atoms with Crippen molar-refractivity contribution in [3.8, 4) is 62.7 Å². The standard InChI is InChI=1S/C21H21N5O.C20H19N5O.C19H16FN5O.C19H23N5O2.C16H19N5O/c1-3-15-6-10-17(11-7-15)22-13-18-12-19(27)26-21(23-18)24-20(25-26)16-8-4-14(2)5-9-16;1-13-7-9-15(10-8-13)19-23-20-22-16(11-18(26)25(20)24-19)12-21-17-6-4-3-5-14(17)2;1-12-3-2-4-15(9-12)21-11-16-10-17(26)25-19(22-16)23-18(24-25)13-5-7-14(20)8-6-13;1-26-16-8-6-14(7-9-16)18-21-19-20-15(12-17(25)24(19)22-18)13-23-10-4-2-3-5-11-23;1-10(2)17-9-13-8-14(22)21-16(18-13)19-15(20-21)12-6-4-5-11(3)7-12/h4-12,22H,3,13H2,1-2H3,(H,23,24,25);3-11,21H,12H2,1-2H3,(H,22,23,24);2-10,21H,11H2,1H3,(H,22,23,24);6-9,12H,2-5,10-11,13H2,1H3,(H,20,21,22);4-8,10,17H,9H2,1-3H3,(H,18,19,20). The van der Waals surface area contributed by atoms with E-state index >= 15 is 0 Å². The summed E-state index contributed by atoms with van der Waals surface area (Å²) in [5.74, 6) is 5.23. The lowest BCUT2D eigenvalue weighted by Gasteiger charge is -2.18. The van der Waals surface area contributed by atoms with E-state index < -0.39 is 0 Å². The molecule has 11 heterocycles. The van der Waals surface area contributed by atoms with E-state index in [1.165, 1.54) is 101 Å². The van der Waals surface area contributed by atoms with Gasteiger partial charge in [-0.1, -0.05) is 159 Å². The molecular formula is C95H98FN25O6. The predicted octanol–water partition coefficient (Wildman–Crippen LogP) is 14.4. The highest BCUT2D eigenvalue weighted by Crippen LogP contribution is 2.25. The highest BCUT2D eigenvalue weighted by Gasteiger charge is 2.19. The number of nitrogens with one attached hydrogen (secondary N) is 9. The molecule has 18 aromatic rings. The maximum absolute atomic E-state index is 13.1. The Morgan fingerprint density at radius 2 is 0.756 bits per heavy atom. The lowest BCUT2D eigenvalue weighted by atomic mass is 10.1. The molecule has 0 amide bonds. The first kappa shape index (κ1) is 86.5. The van der Waals surface area contributed by atoms with Gasteiger partial charge < -0.3 is 26.0 Å². The summed E-state index contributed by atoms with van der Waals surface area (Å²) in [4.78, 5) is 109. The molecule has 31 nitrogen and oxygen atoms in total. The molecule has 0 radical (unpaired) electrons. The summed E-state index contributed by atoms with van der Waals surface area (Å²) in [6.07, 6.45) is 6.01. The third-order valence-corrected chi connectivity index (χ3v) is 21.0. The Morgan fingerprint density at radius 1 is 0.370 bits per heavy atom. The van der Waals surface area contributed by atoms with Crippen LogP contribution in [0.25, 0.3) is 85.8 Å². The van der Waals surface area contributed by atoms with Gasteiger partial charge in [0.1, 0.15) is 11.6 Å². The van der Waals surface area contributed by atoms with Gasteiger partial charge in [-0.05, 0) is 169 Å². The molecule has 0 bridgehead atoms. The van der Waals surface area contributed by atoms with Gasteiger partial charge in [-0.2, -0.15) is 47.5 Å². The van der Waals surface area contributed by atoms with Crippen LogP contribution in [0, 0.1) is 40.4 Å². The van der Waals surface area contributed by atoms with Gasteiger partial charge in [-0.15, -0.1) is 0 Å². The summed E-state index contributed by atoms with van der Waals surface area (Å²) < 4.78 is 25.0. The molecule has 0 atom stereocenters. The van der Waals surface area contributed by atoms with Gasteiger partial charge >= 0.3 is 0 Å². The first-order chi connectivity index (χ1) is 61.5. The van der Waals surface area contributed by atoms with Gasteiger partial charge in [-0.25, -0.2) is 29.3 Å². The largest absolute Gasteiger partial charge is 0.497 e. The van der Waals surface area contributed by atoms with E-state index in [0.29, 0.717) is 119 Å². The molecule has 8 aromatic carbocycles. The second-order valence-electron chi connectivity index (χ2n) is 31.3. The number of H-pyrrole nitrogens is 5. The van der Waals surface area contributed by atoms with E-state index in [9.17, 15) is 28.4 Å². The second-order valence-corrected chi connectivity index (χ2v) is 31.3. The lowest BCUT2D eigenvalue weighted by Crippen LogP contribution is -2.26. The molecule has 9 N–H and O–H groups in total. The molecule has 0 unspecified atom stereocenters. The molecule has 19 rings (SSSR count). The third-order valence-electron chi connectivity index (χ3n) is 21.0. The number of nitrogens with zero attached hydrogens (tertiary/aromatic N) is 16. The van der Waals surface area contributed by atoms with Crippen LogP contribution < -0.4 is 53.8 Å². The van der Waals surface area contributed by atoms with Gasteiger partial charge in [0, 0.05) is 94.3 Å². The molecule has 32 heteroatoms. The van der Waals surface area contributed by atoms with Crippen LogP contribution in [-0.4, -0.2) is 129 Å². The zero-order valence-corrected chi connectivity index (χ0v) is 71.9. The zero-order valence-electron chi connectivity index (χ0n) is 71.9. The number of para-hydroxylation sites is 1. The van der Waals surface area contributed by atoms with E-state index in [2.05, 4.69) is 134 Å². The number of fused-ring (bicyclic) bond motifs is 5. The van der Waals surface area contributed by atoms with Crippen LogP contribution in [0.15, 0.2) is 248 Å². The van der Waals surface area contributed by atoms with E-state index in [4.69, 9.17) is 4.74 Å². The number of aromatic nitrogens is 20. The number of hydrogen-bond donors (Lipinski definition) is 9. The maximum Gasteiger partial charge on any atom is 0.274 e. The number of rotatable bonds is 21. The van der Waals surface area contributed by atoms with Crippen molar-refractivity contribution in [1.29, 1.82) is 0 Å². The number of aryl methyl sites for hydroxylation is 6. The van der Waals surface area contributed by atoms with Crippen molar-refractivity contribution in [2.45, 2.75) is 126 Å². The number of halogens is 1. The molecule has 127 heavy (non-hydrogen) atoms. The number of likely N-dealkylation sites (tertiary alicyclic amines) is 1. The number of hydrogen-bond acceptors (Lipinski definition) is 21. The number of ether oxygens (including phenoxy) is 1. The van der Waals surface area contributed by atoms with E-state index in [1.807, 2.05) is 192 Å². The SMILES string of the molecule is CCc1ccc(NCc2cc(=O)n3[nH]c(-c4ccc(C)cc4)nc3n2)cc1.COc1ccc(-c2nc3nc(CN4CCCCCC4)cc(=O)n3[nH]2)cc1.Cc1ccc(-c2nc3nc(CNc4ccccc4C)cc(=O)n3[nH]2)cc1.Cc1cccc(-c2nc3nc(CNC(C)C)cc(=O)n3[nH]2)c1.Cc1cccc(NCc2cc(=O)n3[nH]c(-c4ccc(F)cc4)nc3n2)c1. The van der Waals surface area contributed by atoms with E-state index in [-0.39, 0.29) is 39.4 Å². The van der Waals surface area contributed by atoms with Gasteiger partial charge in [-0.3, -0.25) is 54.4 Å². The quantitative estimate of drug-likeness (QED) is 0.0323. The minimum Gasteiger partial charge on any atom is -0.497 e. The smallest absolute Gasteiger partial charge is 0.274 e. The molecule has 0 aliphatic carbocycles. The fourth-order valence-corrected chi connectivity index (χ4v) is 14.1. The van der Waals surface area contributed by atoms with Crippen LogP contribution in [0.1, 0.15) is 108 Å². The van der Waals surface area contributed by atoms with Crippen LogP contribution in [0.3, 0.4) is 0 Å². The number of aromatic amines is 5. The van der Waals surface area contributed by atoms with Gasteiger partial charge in [0.15, 0.2) is 29.1 Å². The number of methoxy groups -OCH3 is 1. The second kappa shape index (κ2) is 39.8. The zero-order chi connectivity index (χ0) is 88.6. The minimum atomic E-state index is -0.329. The predicted molar refractivity (Wildman–Crippen MR) is 492 cm³/mol. The summed E-state index contributed by atoms with van der Waals surface area (Å²) >= 11 is 0. The topological polar surface area (TPSA) is 376 Å². The monoisotopic (exact) mass is 1700 g/mol. The molecule has 1 aliphatic heterocycles. The van der Waals surface area contributed by atoms with Crippen molar-refractivity contribution in [1.82, 2.24) is 108 Å². The van der Waals surface area contributed by atoms with Crippen molar-refractivity contribution in [2.75, 3.05) is 36.1 Å². The Bertz CT molecular complexity index is 7160. The fourth-order valence-electron chi connectivity index (χ4n) is 14.1. The normalized spacial score (nSPS) is 12.1. The average molecular weight is 1700 g/mol. The number of benzene rings is 8. The van der Waals surface area contributed by atoms with Crippen LogP contribution in [0.4, 0.5) is 21.5 Å². The third kappa shape index (κ3) is 22.1. The molecule has 0 spiro atoms. The van der Waals surface area contributed by atoms with Crippen molar-refractivity contribution >= 4 is 46.0 Å². The Kier molecular flexibility index (Phi) is 27.1. The van der Waals surface area contributed by atoms with Crippen LogP contribution in [0.5, 0.6) is 5.75 Å². The van der Waals surface area contributed by atoms with Crippen LogP contribution >= 0.6 is 0 Å².